The Hall–Kier alpha value is -2.70. The quantitative estimate of drug-likeness (QED) is 0.709. The van der Waals surface area contributed by atoms with E-state index in [0.717, 1.165) is 36.3 Å². The van der Waals surface area contributed by atoms with E-state index >= 15 is 0 Å². The molecule has 0 spiro atoms. The number of carbonyl (C=O) groups excluding carboxylic acids is 1. The zero-order valence-corrected chi connectivity index (χ0v) is 15.4. The lowest BCUT2D eigenvalue weighted by Gasteiger charge is -2.37. The van der Waals surface area contributed by atoms with Gasteiger partial charge in [-0.15, -0.1) is 0 Å². The molecule has 2 aliphatic rings. The van der Waals surface area contributed by atoms with Crippen LogP contribution >= 0.6 is 0 Å². The molecule has 4 heterocycles. The highest BCUT2D eigenvalue weighted by molar-refractivity contribution is 5.89. The Morgan fingerprint density at radius 1 is 1.37 bits per heavy atom. The van der Waals surface area contributed by atoms with Gasteiger partial charge < -0.3 is 14.5 Å². The van der Waals surface area contributed by atoms with Crippen LogP contribution < -0.4 is 0 Å². The number of fused-ring (bicyclic) bond motifs is 5. The van der Waals surface area contributed by atoms with Crippen molar-refractivity contribution >= 4 is 16.9 Å². The molecule has 3 aromatic rings. The van der Waals surface area contributed by atoms with Crippen LogP contribution in [0.4, 0.5) is 0 Å². The molecule has 1 aromatic carbocycles. The number of benzene rings is 1. The van der Waals surface area contributed by atoms with Crippen molar-refractivity contribution in [2.75, 3.05) is 20.2 Å². The predicted octanol–water partition coefficient (Wildman–Crippen LogP) is 3.15. The Morgan fingerprint density at radius 2 is 2.22 bits per heavy atom. The van der Waals surface area contributed by atoms with Crippen molar-refractivity contribution in [1.29, 1.82) is 0 Å². The first kappa shape index (κ1) is 16.5. The largest absolute Gasteiger partial charge is 0.465 e. The lowest BCUT2D eigenvalue weighted by Crippen LogP contribution is -2.44. The Labute approximate surface area is 157 Å². The Balaban J connectivity index is 1.53. The van der Waals surface area contributed by atoms with Crippen molar-refractivity contribution in [1.82, 2.24) is 14.9 Å². The Bertz CT molecular complexity index is 1040. The van der Waals surface area contributed by atoms with Crippen molar-refractivity contribution < 1.29 is 14.3 Å². The minimum atomic E-state index is -0.515. The maximum Gasteiger partial charge on any atom is 0.339 e. The number of aromatic nitrogens is 2. The van der Waals surface area contributed by atoms with Crippen LogP contribution in [-0.2, 0) is 21.6 Å². The number of carbonyl (C=O) groups is 1. The van der Waals surface area contributed by atoms with Crippen molar-refractivity contribution in [3.8, 4) is 0 Å². The highest BCUT2D eigenvalue weighted by Crippen LogP contribution is 2.47. The summed E-state index contributed by atoms with van der Waals surface area (Å²) in [5, 5.41) is 1.27. The van der Waals surface area contributed by atoms with E-state index in [1.165, 1.54) is 24.3 Å². The van der Waals surface area contributed by atoms with E-state index in [1.54, 1.807) is 6.20 Å². The molecule has 138 valence electrons. The van der Waals surface area contributed by atoms with Gasteiger partial charge in [0.25, 0.3) is 0 Å². The molecule has 27 heavy (non-hydrogen) atoms. The zero-order valence-electron chi connectivity index (χ0n) is 15.4. The van der Waals surface area contributed by atoms with E-state index in [4.69, 9.17) is 9.47 Å². The normalized spacial score (nSPS) is 24.6. The smallest absolute Gasteiger partial charge is 0.339 e. The maximum atomic E-state index is 11.8. The van der Waals surface area contributed by atoms with Gasteiger partial charge in [-0.2, -0.15) is 0 Å². The number of pyridine rings is 1. The average Bonchev–Trinajstić information content (AvgIpc) is 3.26. The number of nitrogens with one attached hydrogen (secondary N) is 1. The van der Waals surface area contributed by atoms with E-state index in [1.807, 2.05) is 12.1 Å². The fourth-order valence-electron chi connectivity index (χ4n) is 4.42. The van der Waals surface area contributed by atoms with Crippen molar-refractivity contribution in [2.24, 2.45) is 0 Å². The van der Waals surface area contributed by atoms with Crippen molar-refractivity contribution in [2.45, 2.75) is 25.2 Å². The van der Waals surface area contributed by atoms with Gasteiger partial charge in [0.05, 0.1) is 24.5 Å². The molecule has 0 bridgehead atoms. The molecule has 0 amide bonds. The summed E-state index contributed by atoms with van der Waals surface area (Å²) >= 11 is 0. The van der Waals surface area contributed by atoms with Crippen LogP contribution in [0.15, 0.2) is 42.7 Å². The van der Waals surface area contributed by atoms with Crippen molar-refractivity contribution in [3.05, 3.63) is 65.1 Å². The molecular formula is C21H21N3O3. The van der Waals surface area contributed by atoms with E-state index < -0.39 is 5.72 Å². The first-order valence-electron chi connectivity index (χ1n) is 9.16. The van der Waals surface area contributed by atoms with E-state index in [-0.39, 0.29) is 12.1 Å². The third-order valence-electron chi connectivity index (χ3n) is 5.82. The van der Waals surface area contributed by atoms with Gasteiger partial charge in [-0.05, 0) is 31.0 Å². The van der Waals surface area contributed by atoms with Gasteiger partial charge in [0, 0.05) is 41.9 Å². The number of H-pyrrole nitrogens is 1. The average molecular weight is 363 g/mol. The predicted molar refractivity (Wildman–Crippen MR) is 100 cm³/mol. The summed E-state index contributed by atoms with van der Waals surface area (Å²) in [5.41, 5.74) is 4.44. The van der Waals surface area contributed by atoms with Gasteiger partial charge >= 0.3 is 5.97 Å². The molecule has 1 saturated heterocycles. The summed E-state index contributed by atoms with van der Waals surface area (Å²) in [6, 6.07) is 10.2. The van der Waals surface area contributed by atoms with Crippen LogP contribution in [0.2, 0.25) is 0 Å². The summed E-state index contributed by atoms with van der Waals surface area (Å²) < 4.78 is 11.4. The molecule has 0 saturated carbocycles. The summed E-state index contributed by atoms with van der Waals surface area (Å²) in [6.07, 6.45) is 4.13. The third kappa shape index (κ3) is 2.40. The molecule has 2 aromatic heterocycles. The van der Waals surface area contributed by atoms with Gasteiger partial charge in [0.15, 0.2) is 5.72 Å². The third-order valence-corrected chi connectivity index (χ3v) is 5.82. The van der Waals surface area contributed by atoms with Crippen molar-refractivity contribution in [3.63, 3.8) is 0 Å². The monoisotopic (exact) mass is 363 g/mol. The van der Waals surface area contributed by atoms with Crippen LogP contribution in [0.25, 0.3) is 10.9 Å². The maximum absolute atomic E-state index is 11.8. The zero-order chi connectivity index (χ0) is 18.6. The van der Waals surface area contributed by atoms with Gasteiger partial charge in [-0.25, -0.2) is 4.79 Å². The van der Waals surface area contributed by atoms with E-state index in [9.17, 15) is 4.79 Å². The molecule has 6 nitrogen and oxygen atoms in total. The lowest BCUT2D eigenvalue weighted by atomic mass is 9.96. The fourth-order valence-corrected chi connectivity index (χ4v) is 4.42. The van der Waals surface area contributed by atoms with Crippen LogP contribution in [0.1, 0.15) is 40.2 Å². The summed E-state index contributed by atoms with van der Waals surface area (Å²) in [5.74, 6) is -0.385. The lowest BCUT2D eigenvalue weighted by molar-refractivity contribution is -0.106. The minimum absolute atomic E-state index is 0.149. The van der Waals surface area contributed by atoms with Gasteiger partial charge in [-0.1, -0.05) is 18.2 Å². The molecule has 2 atom stereocenters. The van der Waals surface area contributed by atoms with Crippen LogP contribution in [0.3, 0.4) is 0 Å². The number of hydrogen-bond donors (Lipinski definition) is 1. The number of methoxy groups -OCH3 is 1. The SMILES string of the molecule is COC(=O)c1cncc([C@H]2CN3CCc4c([nH]c5ccccc45)C3(C)O2)c1. The molecule has 5 rings (SSSR count). The second-order valence-electron chi connectivity index (χ2n) is 7.31. The number of ether oxygens (including phenoxy) is 2. The van der Waals surface area contributed by atoms with E-state index in [0.29, 0.717) is 5.56 Å². The summed E-state index contributed by atoms with van der Waals surface area (Å²) in [4.78, 5) is 22.0. The van der Waals surface area contributed by atoms with Crippen LogP contribution in [0.5, 0.6) is 0 Å². The highest BCUT2D eigenvalue weighted by Gasteiger charge is 2.49. The minimum Gasteiger partial charge on any atom is -0.465 e. The Kier molecular flexibility index (Phi) is 3.60. The van der Waals surface area contributed by atoms with Gasteiger partial charge in [0.1, 0.15) is 0 Å². The molecule has 1 unspecified atom stereocenters. The Morgan fingerprint density at radius 3 is 3.07 bits per heavy atom. The second kappa shape index (κ2) is 5.90. The molecule has 1 N–H and O–H groups in total. The van der Waals surface area contributed by atoms with E-state index in [2.05, 4.69) is 40.0 Å². The number of rotatable bonds is 2. The van der Waals surface area contributed by atoms with Crippen LogP contribution in [-0.4, -0.2) is 41.0 Å². The summed E-state index contributed by atoms with van der Waals surface area (Å²) in [7, 11) is 1.37. The molecule has 1 fully saturated rings. The summed E-state index contributed by atoms with van der Waals surface area (Å²) in [6.45, 7) is 3.82. The molecule has 0 aliphatic carbocycles. The van der Waals surface area contributed by atoms with Gasteiger partial charge in [0.2, 0.25) is 0 Å². The first-order chi connectivity index (χ1) is 13.1. The molecule has 2 aliphatic heterocycles. The second-order valence-corrected chi connectivity index (χ2v) is 7.31. The molecule has 0 radical (unpaired) electrons. The van der Waals surface area contributed by atoms with Gasteiger partial charge in [-0.3, -0.25) is 9.88 Å². The number of hydrogen-bond acceptors (Lipinski definition) is 5. The molecular weight excluding hydrogens is 342 g/mol. The molecule has 6 heteroatoms. The van der Waals surface area contributed by atoms with Crippen LogP contribution in [0, 0.1) is 0 Å². The number of esters is 1. The number of para-hydroxylation sites is 1. The standard InChI is InChI=1S/C21H21N3O3/c1-21-19-16(15-5-3-4-6-17(15)23-19)7-8-24(21)12-18(27-21)13-9-14(11-22-10-13)20(25)26-2/h3-6,9-11,18,23H,7-8,12H2,1-2H3/t18-,21?/m1/s1. The highest BCUT2D eigenvalue weighted by atomic mass is 16.5. The number of aromatic amines is 1. The fraction of sp³-hybridized carbons (Fsp3) is 0.333. The number of nitrogens with zero attached hydrogens (tertiary/aromatic N) is 2. The first-order valence-corrected chi connectivity index (χ1v) is 9.16. The topological polar surface area (TPSA) is 67.5 Å².